The second kappa shape index (κ2) is 5.17. The molecule has 0 saturated heterocycles. The molecule has 104 valence electrons. The van der Waals surface area contributed by atoms with Gasteiger partial charge in [-0.05, 0) is 32.0 Å². The summed E-state index contributed by atoms with van der Waals surface area (Å²) in [7, 11) is 0. The number of nitrogens with two attached hydrogens (primary N) is 1. The van der Waals surface area contributed by atoms with Crippen LogP contribution in [-0.4, -0.2) is 28.4 Å². The topological polar surface area (TPSA) is 75.1 Å². The Morgan fingerprint density at radius 1 is 1.53 bits per heavy atom. The Morgan fingerprint density at radius 2 is 2.21 bits per heavy atom. The molecule has 1 aliphatic rings. The van der Waals surface area contributed by atoms with E-state index in [0.29, 0.717) is 5.56 Å². The van der Waals surface area contributed by atoms with Crippen LogP contribution < -0.4 is 11.3 Å². The van der Waals surface area contributed by atoms with Crippen molar-refractivity contribution in [3.05, 3.63) is 33.2 Å². The molecule has 1 aromatic heterocycles. The summed E-state index contributed by atoms with van der Waals surface area (Å²) in [6, 6.07) is 1.90. The SMILES string of the molecule is CCN1CCc2c(cc(C(=N)N)c(=O)n2C(C)C)C1. The van der Waals surface area contributed by atoms with Gasteiger partial charge in [-0.25, -0.2) is 0 Å². The summed E-state index contributed by atoms with van der Waals surface area (Å²) in [5.41, 5.74) is 7.97. The van der Waals surface area contributed by atoms with Crippen molar-refractivity contribution >= 4 is 5.84 Å². The summed E-state index contributed by atoms with van der Waals surface area (Å²) in [5, 5.41) is 7.58. The molecule has 3 N–H and O–H groups in total. The molecule has 0 radical (unpaired) electrons. The zero-order chi connectivity index (χ0) is 14.2. The van der Waals surface area contributed by atoms with Crippen molar-refractivity contribution < 1.29 is 0 Å². The van der Waals surface area contributed by atoms with Gasteiger partial charge < -0.3 is 10.3 Å². The fourth-order valence-electron chi connectivity index (χ4n) is 2.74. The maximum Gasteiger partial charge on any atom is 0.261 e. The quantitative estimate of drug-likeness (QED) is 0.632. The summed E-state index contributed by atoms with van der Waals surface area (Å²) in [4.78, 5) is 14.7. The van der Waals surface area contributed by atoms with Gasteiger partial charge in [0, 0.05) is 31.2 Å². The van der Waals surface area contributed by atoms with Crippen molar-refractivity contribution in [3.8, 4) is 0 Å². The second-order valence-electron chi connectivity index (χ2n) is 5.33. The Labute approximate surface area is 113 Å². The zero-order valence-corrected chi connectivity index (χ0v) is 11.9. The molecule has 0 spiro atoms. The highest BCUT2D eigenvalue weighted by atomic mass is 16.1. The van der Waals surface area contributed by atoms with Gasteiger partial charge in [0.2, 0.25) is 0 Å². The fraction of sp³-hybridized carbons (Fsp3) is 0.571. The molecule has 0 bridgehead atoms. The molecule has 0 saturated carbocycles. The molecule has 0 aromatic carbocycles. The Bertz CT molecular complexity index is 559. The molecule has 0 amide bonds. The number of nitrogens with one attached hydrogen (secondary N) is 1. The van der Waals surface area contributed by atoms with E-state index in [9.17, 15) is 4.79 Å². The lowest BCUT2D eigenvalue weighted by molar-refractivity contribution is 0.260. The first-order valence-corrected chi connectivity index (χ1v) is 6.79. The molecule has 0 unspecified atom stereocenters. The number of likely N-dealkylation sites (N-methyl/N-ethyl adjacent to an activating group) is 1. The zero-order valence-electron chi connectivity index (χ0n) is 11.9. The molecule has 2 rings (SSSR count). The monoisotopic (exact) mass is 262 g/mol. The molecule has 0 aliphatic carbocycles. The van der Waals surface area contributed by atoms with E-state index in [2.05, 4.69) is 11.8 Å². The predicted octanol–water partition coefficient (Wildman–Crippen LogP) is 1.09. The van der Waals surface area contributed by atoms with Crippen LogP contribution in [0.25, 0.3) is 0 Å². The fourth-order valence-corrected chi connectivity index (χ4v) is 2.74. The van der Waals surface area contributed by atoms with Crippen molar-refractivity contribution in [2.75, 3.05) is 13.1 Å². The molecule has 1 aromatic rings. The molecule has 19 heavy (non-hydrogen) atoms. The van der Waals surface area contributed by atoms with Crippen LogP contribution in [0.15, 0.2) is 10.9 Å². The largest absolute Gasteiger partial charge is 0.384 e. The maximum atomic E-state index is 12.4. The van der Waals surface area contributed by atoms with Gasteiger partial charge in [0.05, 0.1) is 5.56 Å². The van der Waals surface area contributed by atoms with E-state index in [1.165, 1.54) is 0 Å². The van der Waals surface area contributed by atoms with E-state index in [0.717, 1.165) is 37.3 Å². The first-order valence-electron chi connectivity index (χ1n) is 6.79. The van der Waals surface area contributed by atoms with E-state index >= 15 is 0 Å². The van der Waals surface area contributed by atoms with E-state index in [1.54, 1.807) is 10.6 Å². The highest BCUT2D eigenvalue weighted by Gasteiger charge is 2.22. The van der Waals surface area contributed by atoms with Gasteiger partial charge in [-0.15, -0.1) is 0 Å². The van der Waals surface area contributed by atoms with Crippen molar-refractivity contribution in [2.24, 2.45) is 5.73 Å². The predicted molar refractivity (Wildman–Crippen MR) is 76.8 cm³/mol. The first kappa shape index (κ1) is 13.8. The standard InChI is InChI=1S/C14H22N4O/c1-4-17-6-5-12-10(8-17)7-11(13(15)16)14(19)18(12)9(2)3/h7,9H,4-6,8H2,1-3H3,(H3,15,16). The molecule has 5 heteroatoms. The van der Waals surface area contributed by atoms with E-state index in [1.807, 2.05) is 13.8 Å². The number of pyridine rings is 1. The molecule has 0 fully saturated rings. The van der Waals surface area contributed by atoms with Crippen LogP contribution in [0.3, 0.4) is 0 Å². The van der Waals surface area contributed by atoms with Gasteiger partial charge >= 0.3 is 0 Å². The van der Waals surface area contributed by atoms with Gasteiger partial charge in [0.25, 0.3) is 5.56 Å². The third-order valence-corrected chi connectivity index (χ3v) is 3.74. The number of rotatable bonds is 3. The van der Waals surface area contributed by atoms with Crippen molar-refractivity contribution in [1.82, 2.24) is 9.47 Å². The average molecular weight is 262 g/mol. The van der Waals surface area contributed by atoms with Gasteiger partial charge in [-0.1, -0.05) is 6.92 Å². The molecular formula is C14H22N4O. The Balaban J connectivity index is 2.64. The minimum absolute atomic E-state index is 0.0914. The normalized spacial score (nSPS) is 15.6. The Hall–Kier alpha value is -1.62. The van der Waals surface area contributed by atoms with Crippen molar-refractivity contribution in [3.63, 3.8) is 0 Å². The minimum Gasteiger partial charge on any atom is -0.384 e. The average Bonchev–Trinajstić information content (AvgIpc) is 2.36. The number of nitrogen functional groups attached to an aromatic ring is 1. The molecular weight excluding hydrogens is 240 g/mol. The van der Waals surface area contributed by atoms with Gasteiger partial charge in [-0.2, -0.15) is 0 Å². The van der Waals surface area contributed by atoms with Crippen LogP contribution in [0.2, 0.25) is 0 Å². The summed E-state index contributed by atoms with van der Waals surface area (Å²) in [5.74, 6) is -0.143. The van der Waals surface area contributed by atoms with Gasteiger partial charge in [-0.3, -0.25) is 15.1 Å². The third kappa shape index (κ3) is 2.42. The lowest BCUT2D eigenvalue weighted by atomic mass is 10.0. The number of hydrogen-bond donors (Lipinski definition) is 2. The van der Waals surface area contributed by atoms with Gasteiger partial charge in [0.15, 0.2) is 0 Å². The van der Waals surface area contributed by atoms with Crippen LogP contribution in [0.4, 0.5) is 0 Å². The van der Waals surface area contributed by atoms with Crippen LogP contribution in [0, 0.1) is 5.41 Å². The first-order chi connectivity index (χ1) is 8.95. The van der Waals surface area contributed by atoms with Crippen molar-refractivity contribution in [1.29, 1.82) is 5.41 Å². The smallest absolute Gasteiger partial charge is 0.261 e. The second-order valence-corrected chi connectivity index (χ2v) is 5.33. The highest BCUT2D eigenvalue weighted by Crippen LogP contribution is 2.21. The maximum absolute atomic E-state index is 12.4. The lowest BCUT2D eigenvalue weighted by Gasteiger charge is -2.31. The Morgan fingerprint density at radius 3 is 2.74 bits per heavy atom. The number of fused-ring (bicyclic) bond motifs is 1. The number of aromatic nitrogens is 1. The number of nitrogens with zero attached hydrogens (tertiary/aromatic N) is 2. The number of amidine groups is 1. The summed E-state index contributed by atoms with van der Waals surface area (Å²) < 4.78 is 1.80. The summed E-state index contributed by atoms with van der Waals surface area (Å²) in [6.07, 6.45) is 0.884. The molecule has 1 aliphatic heterocycles. The van der Waals surface area contributed by atoms with Crippen molar-refractivity contribution in [2.45, 2.75) is 39.8 Å². The lowest BCUT2D eigenvalue weighted by Crippen LogP contribution is -2.39. The number of hydrogen-bond acceptors (Lipinski definition) is 3. The van der Waals surface area contributed by atoms with E-state index in [4.69, 9.17) is 11.1 Å². The van der Waals surface area contributed by atoms with E-state index in [-0.39, 0.29) is 17.4 Å². The van der Waals surface area contributed by atoms with E-state index < -0.39 is 0 Å². The molecule has 5 nitrogen and oxygen atoms in total. The summed E-state index contributed by atoms with van der Waals surface area (Å²) in [6.45, 7) is 8.94. The van der Waals surface area contributed by atoms with Gasteiger partial charge in [0.1, 0.15) is 5.84 Å². The highest BCUT2D eigenvalue weighted by molar-refractivity contribution is 5.94. The van der Waals surface area contributed by atoms with Crippen LogP contribution >= 0.6 is 0 Å². The van der Waals surface area contributed by atoms with Crippen LogP contribution in [0.1, 0.15) is 43.6 Å². The Kier molecular flexibility index (Phi) is 3.75. The van der Waals surface area contributed by atoms with Crippen LogP contribution in [0.5, 0.6) is 0 Å². The summed E-state index contributed by atoms with van der Waals surface area (Å²) >= 11 is 0. The van der Waals surface area contributed by atoms with Crippen LogP contribution in [-0.2, 0) is 13.0 Å². The molecule has 2 heterocycles. The third-order valence-electron chi connectivity index (χ3n) is 3.74. The minimum atomic E-state index is -0.143. The molecule has 0 atom stereocenters.